The number of halogens is 2. The lowest BCUT2D eigenvalue weighted by atomic mass is 9.92. The van der Waals surface area contributed by atoms with Gasteiger partial charge in [0, 0.05) is 58.9 Å². The molecule has 4 aromatic carbocycles. The van der Waals surface area contributed by atoms with Gasteiger partial charge in [-0.2, -0.15) is 10.0 Å². The summed E-state index contributed by atoms with van der Waals surface area (Å²) in [6, 6.07) is 17.5. The lowest BCUT2D eigenvalue weighted by Crippen LogP contribution is -3.00. The van der Waals surface area contributed by atoms with Crippen molar-refractivity contribution in [2.45, 2.75) is 12.8 Å². The van der Waals surface area contributed by atoms with Crippen molar-refractivity contribution in [3.05, 3.63) is 82.9 Å². The molecular weight excluding hydrogens is 834 g/mol. The van der Waals surface area contributed by atoms with Crippen molar-refractivity contribution >= 4 is 56.5 Å². The molecule has 2 aliphatic heterocycles. The third kappa shape index (κ3) is 7.03. The Morgan fingerprint density at radius 1 is 0.500 bits per heavy atom. The summed E-state index contributed by atoms with van der Waals surface area (Å²) < 4.78 is 1.71. The minimum Gasteiger partial charge on any atom is -1.00 e. The molecule has 2 N–H and O–H groups in total. The molecule has 4 aromatic rings. The van der Waals surface area contributed by atoms with Gasteiger partial charge in [0.1, 0.15) is 0 Å². The van der Waals surface area contributed by atoms with Crippen molar-refractivity contribution in [3.8, 4) is 0 Å². The number of quaternary nitrogens is 2. The molecule has 254 valence electrons. The zero-order valence-corrected chi connectivity index (χ0v) is 32.5. The summed E-state index contributed by atoms with van der Waals surface area (Å²) in [6.45, 7) is 3.45. The molecule has 2 heterocycles. The molecule has 0 bridgehead atoms. The lowest BCUT2D eigenvalue weighted by Gasteiger charge is -2.37. The van der Waals surface area contributed by atoms with E-state index in [2.05, 4.69) is 52.9 Å². The van der Waals surface area contributed by atoms with Crippen LogP contribution in [0.5, 0.6) is 0 Å². The Labute approximate surface area is 315 Å². The number of amides is 4. The second-order valence-corrected chi connectivity index (χ2v) is 14.2. The van der Waals surface area contributed by atoms with Crippen LogP contribution in [0.25, 0.3) is 21.5 Å². The first-order valence-electron chi connectivity index (χ1n) is 15.7. The van der Waals surface area contributed by atoms with Gasteiger partial charge < -0.3 is 67.6 Å². The second kappa shape index (κ2) is 14.3. The highest BCUT2D eigenvalue weighted by atomic mass is 127. The van der Waals surface area contributed by atoms with Gasteiger partial charge in [-0.3, -0.25) is 19.2 Å². The average molecular weight is 877 g/mol. The summed E-state index contributed by atoms with van der Waals surface area (Å²) in [7, 11) is 12.9. The average Bonchev–Trinajstić information content (AvgIpc) is 3.00. The van der Waals surface area contributed by atoms with Crippen LogP contribution in [0.1, 0.15) is 54.3 Å². The quantitative estimate of drug-likeness (QED) is 0.0855. The Balaban J connectivity index is 0.00000260. The van der Waals surface area contributed by atoms with Gasteiger partial charge in [-0.1, -0.05) is 24.3 Å². The molecule has 2 aliphatic rings. The summed E-state index contributed by atoms with van der Waals surface area (Å²) in [5.41, 5.74) is 2.70. The predicted molar refractivity (Wildman–Crippen MR) is 181 cm³/mol. The molecule has 0 aromatic heterocycles. The number of nitrogens with one attached hydrogen (secondary N) is 2. The Kier molecular flexibility index (Phi) is 11.1. The van der Waals surface area contributed by atoms with E-state index in [4.69, 9.17) is 0 Å². The van der Waals surface area contributed by atoms with Gasteiger partial charge in [0.2, 0.25) is 0 Å². The van der Waals surface area contributed by atoms with E-state index < -0.39 is 23.6 Å². The number of hydrazine groups is 1. The highest BCUT2D eigenvalue weighted by molar-refractivity contribution is 6.32. The molecule has 0 radical (unpaired) electrons. The molecule has 6 rings (SSSR count). The maximum absolute atomic E-state index is 14.0. The normalized spacial score (nSPS) is 14.3. The van der Waals surface area contributed by atoms with E-state index in [1.165, 1.54) is 0 Å². The fourth-order valence-corrected chi connectivity index (χ4v) is 6.39. The molecule has 0 spiro atoms. The Bertz CT molecular complexity index is 1750. The van der Waals surface area contributed by atoms with Crippen LogP contribution in [-0.4, -0.2) is 111 Å². The topological polar surface area (TPSA) is 98.8 Å². The van der Waals surface area contributed by atoms with E-state index in [0.717, 1.165) is 80.2 Å². The van der Waals surface area contributed by atoms with E-state index in [9.17, 15) is 19.2 Å². The van der Waals surface area contributed by atoms with Crippen LogP contribution in [0, 0.1) is 0 Å². The van der Waals surface area contributed by atoms with Gasteiger partial charge in [0.15, 0.2) is 0 Å². The predicted octanol–water partition coefficient (Wildman–Crippen LogP) is -1.18. The van der Waals surface area contributed by atoms with E-state index >= 15 is 0 Å². The minimum absolute atomic E-state index is 0. The standard InChI is InChI=1S/C36H40N6O4.2HI/c1-41(2,3)21-9-19-37-29-17-15-27-31-23(29)11-7-13-25(31)33(43)39(35(27)45)40-34(44)26-14-8-12-24-30(38-20-10-22-42(4,5)6)18-16-28(32(24)26)36(40)46;;/h7-8,11-18H,9-10,19-22H2,1-6H3;2*1H. The largest absolute Gasteiger partial charge is 1.00 e. The minimum atomic E-state index is -0.710. The number of nitrogens with zero attached hydrogens (tertiary/aromatic N) is 4. The Morgan fingerprint density at radius 2 is 0.833 bits per heavy atom. The zero-order valence-electron chi connectivity index (χ0n) is 28.2. The van der Waals surface area contributed by atoms with E-state index in [1.54, 1.807) is 36.4 Å². The van der Waals surface area contributed by atoms with E-state index in [-0.39, 0.29) is 70.2 Å². The molecule has 0 aliphatic carbocycles. The maximum Gasteiger partial charge on any atom is 0.281 e. The highest BCUT2D eigenvalue weighted by Gasteiger charge is 2.45. The van der Waals surface area contributed by atoms with Crippen LogP contribution in [0.4, 0.5) is 11.4 Å². The summed E-state index contributed by atoms with van der Waals surface area (Å²) in [5.74, 6) is -2.84. The van der Waals surface area contributed by atoms with Crippen molar-refractivity contribution in [2.24, 2.45) is 0 Å². The van der Waals surface area contributed by atoms with E-state index in [1.807, 2.05) is 24.3 Å². The van der Waals surface area contributed by atoms with Crippen LogP contribution >= 0.6 is 0 Å². The summed E-state index contributed by atoms with van der Waals surface area (Å²) >= 11 is 0. The lowest BCUT2D eigenvalue weighted by molar-refractivity contribution is -0.870. The molecule has 0 atom stereocenters. The SMILES string of the molecule is C[N+](C)(C)CCCNc1ccc2c3c(cccc13)C(=O)N(N1C(=O)c3cccc4c(NCCC[N+](C)(C)C)ccc(c34)C1=O)C2=O.[I-].[I-]. The Morgan fingerprint density at radius 3 is 1.17 bits per heavy atom. The van der Waals surface area contributed by atoms with Crippen LogP contribution in [0.15, 0.2) is 60.7 Å². The van der Waals surface area contributed by atoms with Crippen molar-refractivity contribution in [3.63, 3.8) is 0 Å². The number of rotatable bonds is 11. The number of hydrogen-bond donors (Lipinski definition) is 2. The summed E-state index contributed by atoms with van der Waals surface area (Å²) in [6.07, 6.45) is 1.89. The molecule has 0 fully saturated rings. The first kappa shape index (κ1) is 37.5. The molecule has 0 saturated carbocycles. The fraction of sp³-hybridized carbons (Fsp3) is 0.333. The van der Waals surface area contributed by atoms with Gasteiger partial charge in [0.05, 0.1) is 77.6 Å². The summed E-state index contributed by atoms with van der Waals surface area (Å²) in [4.78, 5) is 56.1. The number of anilines is 2. The van der Waals surface area contributed by atoms with Crippen molar-refractivity contribution in [1.29, 1.82) is 0 Å². The zero-order chi connectivity index (χ0) is 33.0. The van der Waals surface area contributed by atoms with Gasteiger partial charge in [-0.05, 0) is 36.4 Å². The third-order valence-corrected chi connectivity index (χ3v) is 8.61. The van der Waals surface area contributed by atoms with Gasteiger partial charge >= 0.3 is 0 Å². The maximum atomic E-state index is 14.0. The molecule has 48 heavy (non-hydrogen) atoms. The summed E-state index contributed by atoms with van der Waals surface area (Å²) in [5, 5.41) is 10.9. The second-order valence-electron chi connectivity index (χ2n) is 14.2. The monoisotopic (exact) mass is 876 g/mol. The fourth-order valence-electron chi connectivity index (χ4n) is 6.39. The van der Waals surface area contributed by atoms with E-state index in [0.29, 0.717) is 10.8 Å². The third-order valence-electron chi connectivity index (χ3n) is 8.61. The molecule has 0 saturated heterocycles. The molecular formula is C36H42I2N6O4. The molecule has 10 nitrogen and oxygen atoms in total. The number of carbonyl (C=O) groups excluding carboxylic acids is 4. The number of carbonyl (C=O) groups is 4. The van der Waals surface area contributed by atoms with Crippen LogP contribution in [0.3, 0.4) is 0 Å². The van der Waals surface area contributed by atoms with Crippen LogP contribution < -0.4 is 58.6 Å². The van der Waals surface area contributed by atoms with Gasteiger partial charge in [0.25, 0.3) is 23.6 Å². The number of hydrogen-bond acceptors (Lipinski definition) is 6. The molecule has 4 amide bonds. The van der Waals surface area contributed by atoms with Crippen LogP contribution in [-0.2, 0) is 0 Å². The molecule has 12 heteroatoms. The van der Waals surface area contributed by atoms with Gasteiger partial charge in [-0.25, -0.2) is 0 Å². The number of benzene rings is 4. The highest BCUT2D eigenvalue weighted by Crippen LogP contribution is 2.39. The first-order valence-corrected chi connectivity index (χ1v) is 15.7. The van der Waals surface area contributed by atoms with Gasteiger partial charge in [-0.15, -0.1) is 0 Å². The first-order chi connectivity index (χ1) is 21.8. The smallest absolute Gasteiger partial charge is 0.281 e. The molecule has 0 unspecified atom stereocenters. The number of imide groups is 2. The van der Waals surface area contributed by atoms with Crippen molar-refractivity contribution in [1.82, 2.24) is 10.0 Å². The van der Waals surface area contributed by atoms with Crippen LogP contribution in [0.2, 0.25) is 0 Å². The Hall–Kier alpha value is -3.34. The van der Waals surface area contributed by atoms with Crippen molar-refractivity contribution in [2.75, 3.05) is 79.1 Å². The van der Waals surface area contributed by atoms with Crippen molar-refractivity contribution < 1.29 is 76.1 Å².